The summed E-state index contributed by atoms with van der Waals surface area (Å²) < 4.78 is 5.63. The van der Waals surface area contributed by atoms with E-state index in [2.05, 4.69) is 16.7 Å². The quantitative estimate of drug-likeness (QED) is 0.805. The molecule has 0 bridgehead atoms. The smallest absolute Gasteiger partial charge is 0.243 e. The Kier molecular flexibility index (Phi) is 3.69. The molecule has 5 heteroatoms. The number of benzene rings is 1. The number of nitrogens with one attached hydrogen (secondary N) is 2. The van der Waals surface area contributed by atoms with Crippen LogP contribution in [0.25, 0.3) is 0 Å². The summed E-state index contributed by atoms with van der Waals surface area (Å²) in [5.74, 6) is 0.908. The van der Waals surface area contributed by atoms with Gasteiger partial charge in [-0.1, -0.05) is 18.2 Å². The average Bonchev–Trinajstić information content (AvgIpc) is 2.46. The number of rotatable bonds is 3. The molecule has 2 aliphatic rings. The third kappa shape index (κ3) is 2.67. The Bertz CT molecular complexity index is 530. The number of carbonyl (C=O) groups excluding carboxylic acids is 2. The summed E-state index contributed by atoms with van der Waals surface area (Å²) in [5, 5.41) is 5.65. The normalized spacial score (nSPS) is 25.6. The van der Waals surface area contributed by atoms with E-state index in [1.807, 2.05) is 18.2 Å². The molecule has 2 atom stereocenters. The standard InChI is InChI=1S/C15H18N2O3/c18-14-6-5-12(15(19)17-14)16-9-10-7-8-20-13-4-2-1-3-11(10)13/h1-4,10,12,16H,5-9H2,(H,17,18,19). The molecule has 1 saturated heterocycles. The molecular weight excluding hydrogens is 256 g/mol. The van der Waals surface area contributed by atoms with Gasteiger partial charge in [-0.15, -0.1) is 0 Å². The molecule has 2 unspecified atom stereocenters. The van der Waals surface area contributed by atoms with Crippen LogP contribution in [0, 0.1) is 0 Å². The van der Waals surface area contributed by atoms with Crippen LogP contribution in [0.1, 0.15) is 30.7 Å². The van der Waals surface area contributed by atoms with E-state index in [0.29, 0.717) is 25.4 Å². The highest BCUT2D eigenvalue weighted by molar-refractivity contribution is 6.00. The van der Waals surface area contributed by atoms with Crippen LogP contribution in [0.15, 0.2) is 24.3 Å². The average molecular weight is 274 g/mol. The Morgan fingerprint density at radius 3 is 2.95 bits per heavy atom. The van der Waals surface area contributed by atoms with Crippen molar-refractivity contribution in [3.8, 4) is 5.75 Å². The fourth-order valence-corrected chi connectivity index (χ4v) is 2.80. The number of para-hydroxylation sites is 1. The first-order valence-corrected chi connectivity index (χ1v) is 7.03. The Morgan fingerprint density at radius 2 is 2.10 bits per heavy atom. The van der Waals surface area contributed by atoms with Crippen molar-refractivity contribution in [3.63, 3.8) is 0 Å². The fraction of sp³-hybridized carbons (Fsp3) is 0.467. The molecule has 0 spiro atoms. The number of fused-ring (bicyclic) bond motifs is 1. The van der Waals surface area contributed by atoms with Crippen molar-refractivity contribution in [1.82, 2.24) is 10.6 Å². The Balaban J connectivity index is 1.62. The van der Waals surface area contributed by atoms with E-state index < -0.39 is 0 Å². The molecule has 2 heterocycles. The maximum Gasteiger partial charge on any atom is 0.243 e. The second kappa shape index (κ2) is 5.63. The molecule has 2 amide bonds. The summed E-state index contributed by atoms with van der Waals surface area (Å²) in [7, 11) is 0. The number of ether oxygens (including phenoxy) is 1. The van der Waals surface area contributed by atoms with Crippen molar-refractivity contribution < 1.29 is 14.3 Å². The molecule has 1 aromatic rings. The molecule has 2 N–H and O–H groups in total. The summed E-state index contributed by atoms with van der Waals surface area (Å²) in [6, 6.07) is 7.77. The van der Waals surface area contributed by atoms with Gasteiger partial charge in [0.05, 0.1) is 12.6 Å². The zero-order valence-electron chi connectivity index (χ0n) is 11.2. The third-order valence-electron chi connectivity index (χ3n) is 3.93. The zero-order chi connectivity index (χ0) is 13.9. The second-order valence-corrected chi connectivity index (χ2v) is 5.28. The van der Waals surface area contributed by atoms with Gasteiger partial charge < -0.3 is 10.1 Å². The van der Waals surface area contributed by atoms with Gasteiger partial charge in [-0.2, -0.15) is 0 Å². The van der Waals surface area contributed by atoms with E-state index in [9.17, 15) is 9.59 Å². The van der Waals surface area contributed by atoms with Gasteiger partial charge in [0.2, 0.25) is 11.8 Å². The fourth-order valence-electron chi connectivity index (χ4n) is 2.80. The van der Waals surface area contributed by atoms with Crippen LogP contribution in [0.5, 0.6) is 5.75 Å². The Labute approximate surface area is 117 Å². The first-order valence-electron chi connectivity index (χ1n) is 7.03. The molecule has 2 aliphatic heterocycles. The molecule has 1 fully saturated rings. The summed E-state index contributed by atoms with van der Waals surface area (Å²) in [6.45, 7) is 1.44. The van der Waals surface area contributed by atoms with Gasteiger partial charge >= 0.3 is 0 Å². The Morgan fingerprint density at radius 1 is 1.25 bits per heavy atom. The molecule has 0 aliphatic carbocycles. The van der Waals surface area contributed by atoms with E-state index in [1.165, 1.54) is 5.56 Å². The molecule has 0 radical (unpaired) electrons. The van der Waals surface area contributed by atoms with Crippen LogP contribution in [0.3, 0.4) is 0 Å². The van der Waals surface area contributed by atoms with Crippen molar-refractivity contribution in [1.29, 1.82) is 0 Å². The van der Waals surface area contributed by atoms with E-state index in [4.69, 9.17) is 4.74 Å². The highest BCUT2D eigenvalue weighted by Crippen LogP contribution is 2.32. The van der Waals surface area contributed by atoms with Crippen LogP contribution >= 0.6 is 0 Å². The van der Waals surface area contributed by atoms with Crippen molar-refractivity contribution in [2.75, 3.05) is 13.2 Å². The third-order valence-corrected chi connectivity index (χ3v) is 3.93. The van der Waals surface area contributed by atoms with E-state index in [-0.39, 0.29) is 17.9 Å². The van der Waals surface area contributed by atoms with Gasteiger partial charge in [0.15, 0.2) is 0 Å². The number of carbonyl (C=O) groups is 2. The highest BCUT2D eigenvalue weighted by atomic mass is 16.5. The molecule has 106 valence electrons. The Hall–Kier alpha value is -1.88. The number of imide groups is 1. The minimum Gasteiger partial charge on any atom is -0.493 e. The van der Waals surface area contributed by atoms with Gasteiger partial charge in [0.1, 0.15) is 5.75 Å². The molecule has 0 saturated carbocycles. The molecule has 3 rings (SSSR count). The summed E-state index contributed by atoms with van der Waals surface area (Å²) in [6.07, 6.45) is 1.93. The first-order chi connectivity index (χ1) is 9.74. The van der Waals surface area contributed by atoms with Crippen molar-refractivity contribution in [2.24, 2.45) is 0 Å². The van der Waals surface area contributed by atoms with Crippen LogP contribution in [-0.2, 0) is 9.59 Å². The maximum atomic E-state index is 11.7. The molecule has 1 aromatic carbocycles. The lowest BCUT2D eigenvalue weighted by Gasteiger charge is -2.28. The number of hydrogen-bond acceptors (Lipinski definition) is 4. The topological polar surface area (TPSA) is 67.4 Å². The van der Waals surface area contributed by atoms with E-state index >= 15 is 0 Å². The predicted molar refractivity (Wildman–Crippen MR) is 73.5 cm³/mol. The van der Waals surface area contributed by atoms with Crippen molar-refractivity contribution >= 4 is 11.8 Å². The molecule has 5 nitrogen and oxygen atoms in total. The SMILES string of the molecule is O=C1CCC(NCC2CCOc3ccccc32)C(=O)N1. The van der Waals surface area contributed by atoms with Crippen LogP contribution in [-0.4, -0.2) is 31.0 Å². The van der Waals surface area contributed by atoms with Gasteiger partial charge in [-0.25, -0.2) is 0 Å². The van der Waals surface area contributed by atoms with E-state index in [0.717, 1.165) is 18.7 Å². The molecular formula is C15H18N2O3. The number of hydrogen-bond donors (Lipinski definition) is 2. The van der Waals surface area contributed by atoms with Crippen LogP contribution in [0.4, 0.5) is 0 Å². The van der Waals surface area contributed by atoms with Crippen LogP contribution in [0.2, 0.25) is 0 Å². The predicted octanol–water partition coefficient (Wildman–Crippen LogP) is 0.948. The molecule has 20 heavy (non-hydrogen) atoms. The van der Waals surface area contributed by atoms with Gasteiger partial charge in [-0.05, 0) is 24.5 Å². The number of piperidine rings is 1. The van der Waals surface area contributed by atoms with Crippen molar-refractivity contribution in [3.05, 3.63) is 29.8 Å². The lowest BCUT2D eigenvalue weighted by atomic mass is 9.92. The minimum atomic E-state index is -0.261. The van der Waals surface area contributed by atoms with Crippen LogP contribution < -0.4 is 15.4 Å². The van der Waals surface area contributed by atoms with Crippen molar-refractivity contribution in [2.45, 2.75) is 31.2 Å². The highest BCUT2D eigenvalue weighted by Gasteiger charge is 2.28. The largest absolute Gasteiger partial charge is 0.493 e. The summed E-state index contributed by atoms with van der Waals surface area (Å²) >= 11 is 0. The second-order valence-electron chi connectivity index (χ2n) is 5.28. The van der Waals surface area contributed by atoms with E-state index in [1.54, 1.807) is 0 Å². The first kappa shape index (κ1) is 13.1. The van der Waals surface area contributed by atoms with Gasteiger partial charge in [0.25, 0.3) is 0 Å². The zero-order valence-corrected chi connectivity index (χ0v) is 11.2. The monoisotopic (exact) mass is 274 g/mol. The number of amides is 2. The minimum absolute atomic E-state index is 0.176. The lowest BCUT2D eigenvalue weighted by molar-refractivity contribution is -0.134. The maximum absolute atomic E-state index is 11.7. The summed E-state index contributed by atoms with van der Waals surface area (Å²) in [4.78, 5) is 22.8. The molecule has 0 aromatic heterocycles. The van der Waals surface area contributed by atoms with Gasteiger partial charge in [-0.3, -0.25) is 14.9 Å². The lowest BCUT2D eigenvalue weighted by Crippen LogP contribution is -2.51. The van der Waals surface area contributed by atoms with Gasteiger partial charge in [0, 0.05) is 18.9 Å². The summed E-state index contributed by atoms with van der Waals surface area (Å²) in [5.41, 5.74) is 1.19.